The maximum Gasteiger partial charge on any atom is 0.573 e. The molecule has 1 amide bonds. The highest BCUT2D eigenvalue weighted by Crippen LogP contribution is 2.24. The zero-order valence-corrected chi connectivity index (χ0v) is 13.8. The molecule has 0 radical (unpaired) electrons. The SMILES string of the molecule is CC(=O)Nc1ccc(NC(=S)Nc2ccc(OC(F)(F)F)cc2)cc1. The molecule has 132 valence electrons. The first-order chi connectivity index (χ1) is 11.7. The van der Waals surface area contributed by atoms with Crippen molar-refractivity contribution in [3.05, 3.63) is 48.5 Å². The van der Waals surface area contributed by atoms with Gasteiger partial charge in [0.15, 0.2) is 5.11 Å². The van der Waals surface area contributed by atoms with Crippen LogP contribution in [0.2, 0.25) is 0 Å². The molecular weight excluding hydrogens is 355 g/mol. The number of amides is 1. The van der Waals surface area contributed by atoms with E-state index in [0.29, 0.717) is 17.1 Å². The highest BCUT2D eigenvalue weighted by atomic mass is 32.1. The number of thiocarbonyl (C=S) groups is 1. The molecule has 0 atom stereocenters. The summed E-state index contributed by atoms with van der Waals surface area (Å²) in [5, 5.41) is 8.66. The lowest BCUT2D eigenvalue weighted by molar-refractivity contribution is -0.274. The summed E-state index contributed by atoms with van der Waals surface area (Å²) in [6.45, 7) is 1.41. The third-order valence-corrected chi connectivity index (χ3v) is 3.01. The minimum absolute atomic E-state index is 0.171. The third kappa shape index (κ3) is 6.68. The van der Waals surface area contributed by atoms with Crippen LogP contribution in [0.5, 0.6) is 5.75 Å². The maximum atomic E-state index is 12.1. The molecule has 0 fully saturated rings. The van der Waals surface area contributed by atoms with E-state index >= 15 is 0 Å². The minimum Gasteiger partial charge on any atom is -0.406 e. The van der Waals surface area contributed by atoms with E-state index in [1.54, 1.807) is 24.3 Å². The van der Waals surface area contributed by atoms with Crippen molar-refractivity contribution in [2.45, 2.75) is 13.3 Å². The van der Waals surface area contributed by atoms with Crippen LogP contribution in [0.1, 0.15) is 6.92 Å². The number of hydrogen-bond donors (Lipinski definition) is 3. The van der Waals surface area contributed by atoms with Crippen LogP contribution in [-0.2, 0) is 4.79 Å². The molecule has 0 aromatic heterocycles. The molecule has 0 bridgehead atoms. The van der Waals surface area contributed by atoms with Gasteiger partial charge in [-0.25, -0.2) is 0 Å². The van der Waals surface area contributed by atoms with E-state index in [-0.39, 0.29) is 16.8 Å². The number of anilines is 3. The Morgan fingerprint density at radius 3 is 1.68 bits per heavy atom. The number of carbonyl (C=O) groups excluding carboxylic acids is 1. The molecule has 0 aliphatic rings. The van der Waals surface area contributed by atoms with Gasteiger partial charge in [-0.05, 0) is 60.7 Å². The van der Waals surface area contributed by atoms with E-state index in [1.807, 2.05) is 0 Å². The Morgan fingerprint density at radius 1 is 0.880 bits per heavy atom. The molecule has 0 aliphatic carbocycles. The van der Waals surface area contributed by atoms with Gasteiger partial charge in [0, 0.05) is 24.0 Å². The van der Waals surface area contributed by atoms with Crippen molar-refractivity contribution in [2.75, 3.05) is 16.0 Å². The quantitative estimate of drug-likeness (QED) is 0.700. The summed E-state index contributed by atoms with van der Waals surface area (Å²) in [6, 6.07) is 12.0. The zero-order chi connectivity index (χ0) is 18.4. The first-order valence-electron chi connectivity index (χ1n) is 7.03. The number of hydrogen-bond acceptors (Lipinski definition) is 3. The molecule has 25 heavy (non-hydrogen) atoms. The standard InChI is InChI=1S/C16H14F3N3O2S/c1-10(23)20-11-2-4-12(5-3-11)21-15(25)22-13-6-8-14(9-7-13)24-16(17,18)19/h2-9H,1H3,(H,20,23)(H2,21,22,25). The van der Waals surface area contributed by atoms with Crippen LogP contribution >= 0.6 is 12.2 Å². The molecule has 2 rings (SSSR count). The Hall–Kier alpha value is -2.81. The van der Waals surface area contributed by atoms with E-state index < -0.39 is 6.36 Å². The number of carbonyl (C=O) groups is 1. The lowest BCUT2D eigenvalue weighted by Gasteiger charge is -2.12. The van der Waals surface area contributed by atoms with Gasteiger partial charge in [-0.2, -0.15) is 0 Å². The molecular formula is C16H14F3N3O2S. The Balaban J connectivity index is 1.90. The van der Waals surface area contributed by atoms with Gasteiger partial charge in [0.2, 0.25) is 5.91 Å². The van der Waals surface area contributed by atoms with E-state index in [9.17, 15) is 18.0 Å². The Kier molecular flexibility index (Phi) is 5.81. The third-order valence-electron chi connectivity index (χ3n) is 2.81. The summed E-state index contributed by atoms with van der Waals surface area (Å²) in [6.07, 6.45) is -4.73. The second kappa shape index (κ2) is 7.84. The van der Waals surface area contributed by atoms with Crippen LogP contribution in [0.3, 0.4) is 0 Å². The molecule has 2 aromatic rings. The zero-order valence-electron chi connectivity index (χ0n) is 13.0. The molecule has 5 nitrogen and oxygen atoms in total. The highest BCUT2D eigenvalue weighted by molar-refractivity contribution is 7.80. The van der Waals surface area contributed by atoms with Gasteiger partial charge < -0.3 is 20.7 Å². The van der Waals surface area contributed by atoms with Crippen LogP contribution in [0.15, 0.2) is 48.5 Å². The van der Waals surface area contributed by atoms with E-state index in [0.717, 1.165) is 0 Å². The van der Waals surface area contributed by atoms with Crippen LogP contribution in [0.4, 0.5) is 30.2 Å². The van der Waals surface area contributed by atoms with Crippen molar-refractivity contribution in [2.24, 2.45) is 0 Å². The van der Waals surface area contributed by atoms with Crippen LogP contribution < -0.4 is 20.7 Å². The van der Waals surface area contributed by atoms with Gasteiger partial charge in [0.1, 0.15) is 5.75 Å². The van der Waals surface area contributed by atoms with Crippen molar-refractivity contribution >= 4 is 40.3 Å². The average Bonchev–Trinajstić information content (AvgIpc) is 2.49. The monoisotopic (exact) mass is 369 g/mol. The Bertz CT molecular complexity index is 747. The van der Waals surface area contributed by atoms with E-state index in [2.05, 4.69) is 20.7 Å². The molecule has 2 aromatic carbocycles. The van der Waals surface area contributed by atoms with E-state index in [1.165, 1.54) is 31.2 Å². The molecule has 0 heterocycles. The number of rotatable bonds is 4. The molecule has 0 unspecified atom stereocenters. The van der Waals surface area contributed by atoms with Crippen LogP contribution in [-0.4, -0.2) is 17.4 Å². The molecule has 0 spiro atoms. The van der Waals surface area contributed by atoms with Crippen molar-refractivity contribution in [1.82, 2.24) is 0 Å². The minimum atomic E-state index is -4.73. The summed E-state index contributed by atoms with van der Waals surface area (Å²) < 4.78 is 40.1. The summed E-state index contributed by atoms with van der Waals surface area (Å²) >= 11 is 5.14. The van der Waals surface area contributed by atoms with Gasteiger partial charge in [-0.1, -0.05) is 0 Å². The second-order valence-corrected chi connectivity index (χ2v) is 5.32. The molecule has 0 aliphatic heterocycles. The summed E-state index contributed by atoms with van der Waals surface area (Å²) in [4.78, 5) is 11.0. The lowest BCUT2D eigenvalue weighted by atomic mass is 10.3. The largest absolute Gasteiger partial charge is 0.573 e. The maximum absolute atomic E-state index is 12.1. The lowest BCUT2D eigenvalue weighted by Crippen LogP contribution is -2.19. The van der Waals surface area contributed by atoms with Gasteiger partial charge in [-0.15, -0.1) is 13.2 Å². The summed E-state index contributed by atoms with van der Waals surface area (Å²) in [5.41, 5.74) is 1.84. The fraction of sp³-hybridized carbons (Fsp3) is 0.125. The van der Waals surface area contributed by atoms with Crippen molar-refractivity contribution < 1.29 is 22.7 Å². The number of nitrogens with one attached hydrogen (secondary N) is 3. The van der Waals surface area contributed by atoms with Gasteiger partial charge in [0.05, 0.1) is 0 Å². The van der Waals surface area contributed by atoms with Gasteiger partial charge in [0.25, 0.3) is 0 Å². The van der Waals surface area contributed by atoms with E-state index in [4.69, 9.17) is 12.2 Å². The average molecular weight is 369 g/mol. The Labute approximate surface area is 147 Å². The van der Waals surface area contributed by atoms with Gasteiger partial charge in [-0.3, -0.25) is 4.79 Å². The molecule has 0 saturated heterocycles. The normalized spacial score (nSPS) is 10.7. The highest BCUT2D eigenvalue weighted by Gasteiger charge is 2.30. The fourth-order valence-corrected chi connectivity index (χ4v) is 2.11. The molecule has 3 N–H and O–H groups in total. The summed E-state index contributed by atoms with van der Waals surface area (Å²) in [7, 11) is 0. The molecule has 0 saturated carbocycles. The number of alkyl halides is 3. The first-order valence-corrected chi connectivity index (χ1v) is 7.43. The number of ether oxygens (including phenoxy) is 1. The number of halogens is 3. The first kappa shape index (κ1) is 18.5. The summed E-state index contributed by atoms with van der Waals surface area (Å²) in [5.74, 6) is -0.485. The second-order valence-electron chi connectivity index (χ2n) is 4.91. The van der Waals surface area contributed by atoms with Crippen molar-refractivity contribution in [3.63, 3.8) is 0 Å². The predicted molar refractivity (Wildman–Crippen MR) is 93.7 cm³/mol. The van der Waals surface area contributed by atoms with Gasteiger partial charge >= 0.3 is 6.36 Å². The topological polar surface area (TPSA) is 62.4 Å². The smallest absolute Gasteiger partial charge is 0.406 e. The van der Waals surface area contributed by atoms with Crippen LogP contribution in [0, 0.1) is 0 Å². The fourth-order valence-electron chi connectivity index (χ4n) is 1.87. The Morgan fingerprint density at radius 2 is 1.28 bits per heavy atom. The van der Waals surface area contributed by atoms with Crippen molar-refractivity contribution in [1.29, 1.82) is 0 Å². The van der Waals surface area contributed by atoms with Crippen LogP contribution in [0.25, 0.3) is 0 Å². The van der Waals surface area contributed by atoms with Crippen molar-refractivity contribution in [3.8, 4) is 5.75 Å². The number of benzene rings is 2. The molecule has 9 heteroatoms. The predicted octanol–water partition coefficient (Wildman–Crippen LogP) is 4.35.